The van der Waals surface area contributed by atoms with Gasteiger partial charge < -0.3 is 14.8 Å². The fraction of sp³-hybridized carbons (Fsp3) is 0.158. The van der Waals surface area contributed by atoms with E-state index in [1.165, 1.54) is 6.92 Å². The van der Waals surface area contributed by atoms with E-state index in [0.717, 1.165) is 5.56 Å². The number of ether oxygens (including phenoxy) is 2. The van der Waals surface area contributed by atoms with Gasteiger partial charge in [0, 0.05) is 18.2 Å². The summed E-state index contributed by atoms with van der Waals surface area (Å²) in [6.45, 7) is 5.44. The van der Waals surface area contributed by atoms with Crippen LogP contribution >= 0.6 is 0 Å². The van der Waals surface area contributed by atoms with Crippen molar-refractivity contribution in [1.29, 1.82) is 0 Å². The summed E-state index contributed by atoms with van der Waals surface area (Å²) in [6, 6.07) is 14.3. The standard InChI is InChI=1S/C19H19N3O4/c1-12(14-6-5-7-15(10-14)20-13(2)23)21-22-19(24)18-11-25-16-8-3-4-9-17(16)26-18/h3-10,18,21H,1,11H2,2H3,(H,20,23)(H,22,24)/t18-/m0/s1. The highest BCUT2D eigenvalue weighted by Gasteiger charge is 2.27. The average Bonchev–Trinajstić information content (AvgIpc) is 2.65. The summed E-state index contributed by atoms with van der Waals surface area (Å²) in [5, 5.41) is 2.69. The lowest BCUT2D eigenvalue weighted by molar-refractivity contribution is -0.131. The quantitative estimate of drug-likeness (QED) is 0.716. The molecule has 3 N–H and O–H groups in total. The lowest BCUT2D eigenvalue weighted by Gasteiger charge is -2.25. The Morgan fingerprint density at radius 2 is 1.85 bits per heavy atom. The zero-order valence-corrected chi connectivity index (χ0v) is 14.2. The molecule has 7 nitrogen and oxygen atoms in total. The van der Waals surface area contributed by atoms with Crippen LogP contribution in [0, 0.1) is 0 Å². The molecule has 0 aliphatic carbocycles. The van der Waals surface area contributed by atoms with Crippen molar-refractivity contribution in [2.45, 2.75) is 13.0 Å². The number of rotatable bonds is 5. The maximum absolute atomic E-state index is 12.3. The largest absolute Gasteiger partial charge is 0.485 e. The second-order valence-corrected chi connectivity index (χ2v) is 5.72. The lowest BCUT2D eigenvalue weighted by atomic mass is 10.1. The molecule has 134 valence electrons. The number of hydrazine groups is 1. The van der Waals surface area contributed by atoms with Crippen LogP contribution in [0.15, 0.2) is 55.1 Å². The Kier molecular flexibility index (Phi) is 5.07. The van der Waals surface area contributed by atoms with Crippen LogP contribution in [0.3, 0.4) is 0 Å². The summed E-state index contributed by atoms with van der Waals surface area (Å²) in [5.74, 6) is 0.604. The number of fused-ring (bicyclic) bond motifs is 1. The van der Waals surface area contributed by atoms with Gasteiger partial charge in [-0.2, -0.15) is 0 Å². The van der Waals surface area contributed by atoms with Gasteiger partial charge in [-0.25, -0.2) is 0 Å². The minimum Gasteiger partial charge on any atom is -0.485 e. The SMILES string of the molecule is C=C(NNC(=O)[C@@H]1COc2ccccc2O1)c1cccc(NC(C)=O)c1. The Bertz CT molecular complexity index is 850. The zero-order chi connectivity index (χ0) is 18.5. The van der Waals surface area contributed by atoms with Crippen LogP contribution in [0.25, 0.3) is 5.70 Å². The van der Waals surface area contributed by atoms with Crippen LogP contribution in [0.1, 0.15) is 12.5 Å². The third-order valence-corrected chi connectivity index (χ3v) is 3.67. The number of hydrogen-bond donors (Lipinski definition) is 3. The highest BCUT2D eigenvalue weighted by molar-refractivity contribution is 5.89. The van der Waals surface area contributed by atoms with Crippen molar-refractivity contribution in [3.8, 4) is 11.5 Å². The molecule has 2 amide bonds. The molecule has 0 bridgehead atoms. The highest BCUT2D eigenvalue weighted by Crippen LogP contribution is 2.30. The highest BCUT2D eigenvalue weighted by atomic mass is 16.6. The molecule has 2 aromatic carbocycles. The topological polar surface area (TPSA) is 88.7 Å². The molecule has 0 spiro atoms. The van der Waals surface area contributed by atoms with E-state index in [4.69, 9.17) is 9.47 Å². The van der Waals surface area contributed by atoms with Crippen molar-refractivity contribution < 1.29 is 19.1 Å². The van der Waals surface area contributed by atoms with Crippen LogP contribution in [-0.2, 0) is 9.59 Å². The first-order chi connectivity index (χ1) is 12.5. The lowest BCUT2D eigenvalue weighted by Crippen LogP contribution is -2.48. The predicted octanol–water partition coefficient (Wildman–Crippen LogP) is 2.08. The van der Waals surface area contributed by atoms with Gasteiger partial charge in [0.1, 0.15) is 6.61 Å². The molecule has 2 aromatic rings. The van der Waals surface area contributed by atoms with Crippen molar-refractivity contribution in [2.24, 2.45) is 0 Å². The second-order valence-electron chi connectivity index (χ2n) is 5.72. The molecular weight excluding hydrogens is 334 g/mol. The van der Waals surface area contributed by atoms with Crippen molar-refractivity contribution in [2.75, 3.05) is 11.9 Å². The Hall–Kier alpha value is -3.48. The number of benzene rings is 2. The van der Waals surface area contributed by atoms with Crippen LogP contribution in [-0.4, -0.2) is 24.5 Å². The first kappa shape index (κ1) is 17.3. The summed E-state index contributed by atoms with van der Waals surface area (Å²) < 4.78 is 11.2. The molecule has 26 heavy (non-hydrogen) atoms. The fourth-order valence-corrected chi connectivity index (χ4v) is 2.43. The number of carbonyl (C=O) groups excluding carboxylic acids is 2. The number of hydrogen-bond acceptors (Lipinski definition) is 5. The van der Waals surface area contributed by atoms with Gasteiger partial charge in [0.2, 0.25) is 12.0 Å². The molecule has 0 radical (unpaired) electrons. The number of para-hydroxylation sites is 2. The van der Waals surface area contributed by atoms with Gasteiger partial charge in [-0.3, -0.25) is 20.4 Å². The van der Waals surface area contributed by atoms with E-state index in [1.54, 1.807) is 30.3 Å². The maximum atomic E-state index is 12.3. The minimum atomic E-state index is -0.768. The Labute approximate surface area is 151 Å². The van der Waals surface area contributed by atoms with Crippen molar-refractivity contribution in [3.05, 3.63) is 60.7 Å². The molecule has 0 saturated carbocycles. The summed E-state index contributed by atoms with van der Waals surface area (Å²) in [6.07, 6.45) is -0.768. The smallest absolute Gasteiger partial charge is 0.282 e. The van der Waals surface area contributed by atoms with Crippen molar-refractivity contribution in [3.63, 3.8) is 0 Å². The first-order valence-corrected chi connectivity index (χ1v) is 8.04. The summed E-state index contributed by atoms with van der Waals surface area (Å²) >= 11 is 0. The molecule has 7 heteroatoms. The van der Waals surface area contributed by atoms with Crippen LogP contribution in [0.2, 0.25) is 0 Å². The monoisotopic (exact) mass is 353 g/mol. The Balaban J connectivity index is 1.56. The number of nitrogens with one attached hydrogen (secondary N) is 3. The normalized spacial score (nSPS) is 14.9. The van der Waals surface area contributed by atoms with E-state index >= 15 is 0 Å². The molecule has 0 unspecified atom stereocenters. The fourth-order valence-electron chi connectivity index (χ4n) is 2.43. The molecule has 1 heterocycles. The van der Waals surface area contributed by atoms with Crippen LogP contribution in [0.4, 0.5) is 5.69 Å². The van der Waals surface area contributed by atoms with Crippen molar-refractivity contribution >= 4 is 23.2 Å². The van der Waals surface area contributed by atoms with Crippen LogP contribution in [0.5, 0.6) is 11.5 Å². The van der Waals surface area contributed by atoms with E-state index < -0.39 is 6.10 Å². The molecule has 0 aromatic heterocycles. The zero-order valence-electron chi connectivity index (χ0n) is 14.2. The third kappa shape index (κ3) is 4.13. The number of amides is 2. The van der Waals surface area contributed by atoms with E-state index in [2.05, 4.69) is 22.7 Å². The summed E-state index contributed by atoms with van der Waals surface area (Å²) in [5.41, 5.74) is 7.16. The molecule has 0 saturated heterocycles. The van der Waals surface area contributed by atoms with E-state index in [9.17, 15) is 9.59 Å². The maximum Gasteiger partial charge on any atom is 0.282 e. The molecule has 1 atom stereocenters. The van der Waals surface area contributed by atoms with Crippen LogP contribution < -0.4 is 25.6 Å². The summed E-state index contributed by atoms with van der Waals surface area (Å²) in [4.78, 5) is 23.4. The van der Waals surface area contributed by atoms with Gasteiger partial charge in [0.05, 0.1) is 5.70 Å². The molecular formula is C19H19N3O4. The molecule has 1 aliphatic heterocycles. The average molecular weight is 353 g/mol. The number of anilines is 1. The van der Waals surface area contributed by atoms with Gasteiger partial charge in [-0.05, 0) is 24.3 Å². The van der Waals surface area contributed by atoms with E-state index in [-0.39, 0.29) is 18.4 Å². The molecule has 0 fully saturated rings. The molecule has 1 aliphatic rings. The van der Waals surface area contributed by atoms with Gasteiger partial charge in [-0.1, -0.05) is 30.8 Å². The molecule has 3 rings (SSSR count). The number of carbonyl (C=O) groups is 2. The van der Waals surface area contributed by atoms with Gasteiger partial charge in [0.15, 0.2) is 11.5 Å². The van der Waals surface area contributed by atoms with Gasteiger partial charge in [-0.15, -0.1) is 0 Å². The summed E-state index contributed by atoms with van der Waals surface area (Å²) in [7, 11) is 0. The van der Waals surface area contributed by atoms with Gasteiger partial charge >= 0.3 is 0 Å². The van der Waals surface area contributed by atoms with Crippen molar-refractivity contribution in [1.82, 2.24) is 10.9 Å². The van der Waals surface area contributed by atoms with Gasteiger partial charge in [0.25, 0.3) is 5.91 Å². The Morgan fingerprint density at radius 1 is 1.08 bits per heavy atom. The minimum absolute atomic E-state index is 0.120. The predicted molar refractivity (Wildman–Crippen MR) is 97.4 cm³/mol. The van der Waals surface area contributed by atoms with E-state index in [1.807, 2.05) is 18.2 Å². The Morgan fingerprint density at radius 3 is 2.62 bits per heavy atom. The second kappa shape index (κ2) is 7.60. The third-order valence-electron chi connectivity index (χ3n) is 3.67. The van der Waals surface area contributed by atoms with E-state index in [0.29, 0.717) is 22.9 Å². The first-order valence-electron chi connectivity index (χ1n) is 8.04.